The molecule has 2 saturated heterocycles. The minimum absolute atomic E-state index is 0.0850. The lowest BCUT2D eigenvalue weighted by Crippen LogP contribution is -2.53. The highest BCUT2D eigenvalue weighted by atomic mass is 16.2. The van der Waals surface area contributed by atoms with E-state index in [1.807, 2.05) is 11.9 Å². The molecule has 1 aromatic carbocycles. The monoisotopic (exact) mass is 355 g/mol. The van der Waals surface area contributed by atoms with Gasteiger partial charge in [0.25, 0.3) is 0 Å². The molecule has 0 saturated carbocycles. The van der Waals surface area contributed by atoms with E-state index in [4.69, 9.17) is 0 Å². The number of likely N-dealkylation sites (tertiary alicyclic amines) is 2. The summed E-state index contributed by atoms with van der Waals surface area (Å²) in [4.78, 5) is 30.7. The van der Waals surface area contributed by atoms with Gasteiger partial charge in [0.05, 0.1) is 6.54 Å². The van der Waals surface area contributed by atoms with Crippen molar-refractivity contribution in [3.63, 3.8) is 0 Å². The van der Waals surface area contributed by atoms with Gasteiger partial charge in [0.1, 0.15) is 0 Å². The highest BCUT2D eigenvalue weighted by Gasteiger charge is 2.33. The molecule has 1 aromatic rings. The number of rotatable bonds is 4. The Morgan fingerprint density at radius 1 is 1.15 bits per heavy atom. The van der Waals surface area contributed by atoms with Crippen molar-refractivity contribution in [1.29, 1.82) is 0 Å². The molecule has 0 N–H and O–H groups in total. The quantitative estimate of drug-likeness (QED) is 0.826. The minimum Gasteiger partial charge on any atom is -0.340 e. The first-order chi connectivity index (χ1) is 12.6. The summed E-state index contributed by atoms with van der Waals surface area (Å²) in [6.07, 6.45) is 5.93. The van der Waals surface area contributed by atoms with E-state index in [0.717, 1.165) is 51.7 Å². The molecular weight excluding hydrogens is 326 g/mol. The molecule has 4 rings (SSSR count). The third-order valence-corrected chi connectivity index (χ3v) is 6.41. The summed E-state index contributed by atoms with van der Waals surface area (Å²) in [6.45, 7) is 3.06. The Balaban J connectivity index is 1.34. The van der Waals surface area contributed by atoms with Gasteiger partial charge >= 0.3 is 0 Å². The Bertz CT molecular complexity index is 665. The number of hydrogen-bond acceptors (Lipinski definition) is 3. The number of amides is 2. The van der Waals surface area contributed by atoms with Crippen LogP contribution in [0.2, 0.25) is 0 Å². The predicted octanol–water partition coefficient (Wildman–Crippen LogP) is 1.70. The molecule has 140 valence electrons. The minimum atomic E-state index is 0.0850. The fourth-order valence-electron chi connectivity index (χ4n) is 4.77. The Labute approximate surface area is 155 Å². The zero-order valence-corrected chi connectivity index (χ0v) is 15.7. The number of benzene rings is 1. The van der Waals surface area contributed by atoms with Gasteiger partial charge < -0.3 is 9.80 Å². The molecule has 3 aliphatic rings. The number of carbonyl (C=O) groups excluding carboxylic acids is 2. The fourth-order valence-corrected chi connectivity index (χ4v) is 4.77. The third kappa shape index (κ3) is 3.50. The highest BCUT2D eigenvalue weighted by Crippen LogP contribution is 2.28. The Morgan fingerprint density at radius 2 is 1.88 bits per heavy atom. The van der Waals surface area contributed by atoms with Crippen LogP contribution < -0.4 is 0 Å². The number of likely N-dealkylation sites (N-methyl/N-ethyl adjacent to an activating group) is 1. The lowest BCUT2D eigenvalue weighted by atomic mass is 10.0. The van der Waals surface area contributed by atoms with E-state index in [1.165, 1.54) is 11.1 Å². The van der Waals surface area contributed by atoms with Crippen LogP contribution in [0.3, 0.4) is 0 Å². The normalized spacial score (nSPS) is 24.1. The van der Waals surface area contributed by atoms with Gasteiger partial charge in [-0.1, -0.05) is 24.3 Å². The summed E-state index contributed by atoms with van der Waals surface area (Å²) in [5, 5.41) is 0. The first-order valence-corrected chi connectivity index (χ1v) is 9.96. The molecule has 2 aliphatic heterocycles. The number of piperidine rings is 1. The maximum atomic E-state index is 12.7. The van der Waals surface area contributed by atoms with Crippen molar-refractivity contribution in [2.24, 2.45) is 0 Å². The van der Waals surface area contributed by atoms with Gasteiger partial charge in [-0.15, -0.1) is 0 Å². The van der Waals surface area contributed by atoms with Crippen LogP contribution in [0, 0.1) is 0 Å². The molecule has 5 nitrogen and oxygen atoms in total. The molecule has 1 aliphatic carbocycles. The molecule has 2 heterocycles. The van der Waals surface area contributed by atoms with Crippen LogP contribution in [-0.2, 0) is 22.4 Å². The molecule has 0 spiro atoms. The number of fused-ring (bicyclic) bond motifs is 1. The topological polar surface area (TPSA) is 43.9 Å². The SMILES string of the molecule is CN(C(=O)CN1CCCC1=O)[C@H]1CCCN(C2Cc3ccccc3C2)C1. The van der Waals surface area contributed by atoms with E-state index in [2.05, 4.69) is 29.2 Å². The van der Waals surface area contributed by atoms with Crippen molar-refractivity contribution < 1.29 is 9.59 Å². The lowest BCUT2D eigenvalue weighted by molar-refractivity contribution is -0.139. The predicted molar refractivity (Wildman–Crippen MR) is 101 cm³/mol. The summed E-state index contributed by atoms with van der Waals surface area (Å²) in [6, 6.07) is 9.59. The first kappa shape index (κ1) is 17.5. The van der Waals surface area contributed by atoms with E-state index < -0.39 is 0 Å². The van der Waals surface area contributed by atoms with E-state index in [-0.39, 0.29) is 24.4 Å². The Hall–Kier alpha value is -1.88. The summed E-state index contributed by atoms with van der Waals surface area (Å²) in [5.74, 6) is 0.211. The molecule has 26 heavy (non-hydrogen) atoms. The van der Waals surface area contributed by atoms with Gasteiger partial charge in [-0.3, -0.25) is 14.5 Å². The van der Waals surface area contributed by atoms with Gasteiger partial charge in [-0.05, 0) is 49.8 Å². The van der Waals surface area contributed by atoms with Gasteiger partial charge in [0.15, 0.2) is 0 Å². The smallest absolute Gasteiger partial charge is 0.242 e. The second-order valence-corrected chi connectivity index (χ2v) is 8.05. The molecule has 2 amide bonds. The van der Waals surface area contributed by atoms with Crippen LogP contribution in [0.5, 0.6) is 0 Å². The molecule has 0 bridgehead atoms. The van der Waals surface area contributed by atoms with Crippen molar-refractivity contribution in [3.05, 3.63) is 35.4 Å². The highest BCUT2D eigenvalue weighted by molar-refractivity contribution is 5.85. The maximum absolute atomic E-state index is 12.7. The molecule has 0 aromatic heterocycles. The first-order valence-electron chi connectivity index (χ1n) is 9.96. The van der Waals surface area contributed by atoms with Crippen LogP contribution in [0.25, 0.3) is 0 Å². The summed E-state index contributed by atoms with van der Waals surface area (Å²) < 4.78 is 0. The van der Waals surface area contributed by atoms with Crippen molar-refractivity contribution in [2.45, 2.75) is 50.6 Å². The summed E-state index contributed by atoms with van der Waals surface area (Å²) in [7, 11) is 1.92. The largest absolute Gasteiger partial charge is 0.340 e. The molecule has 1 atom stereocenters. The van der Waals surface area contributed by atoms with Crippen molar-refractivity contribution in [1.82, 2.24) is 14.7 Å². The molecule has 5 heteroatoms. The average Bonchev–Trinajstić information content (AvgIpc) is 3.27. The van der Waals surface area contributed by atoms with Crippen LogP contribution in [0.15, 0.2) is 24.3 Å². The lowest BCUT2D eigenvalue weighted by Gasteiger charge is -2.40. The van der Waals surface area contributed by atoms with Gasteiger partial charge in [-0.2, -0.15) is 0 Å². The van der Waals surface area contributed by atoms with E-state index in [9.17, 15) is 9.59 Å². The second-order valence-electron chi connectivity index (χ2n) is 8.05. The standard InChI is InChI=1S/C21H29N3O2/c1-22(21(26)15-24-11-5-9-20(24)25)18-8-4-10-23(14-18)19-12-16-6-2-3-7-17(16)13-19/h2-3,6-7,18-19H,4-5,8-15H2,1H3/t18-/m0/s1. The molecule has 0 unspecified atom stereocenters. The van der Waals surface area contributed by atoms with Gasteiger partial charge in [-0.25, -0.2) is 0 Å². The summed E-state index contributed by atoms with van der Waals surface area (Å²) in [5.41, 5.74) is 2.97. The van der Waals surface area contributed by atoms with Crippen LogP contribution in [-0.4, -0.2) is 71.8 Å². The number of nitrogens with zero attached hydrogens (tertiary/aromatic N) is 3. The van der Waals surface area contributed by atoms with Crippen LogP contribution in [0.4, 0.5) is 0 Å². The zero-order valence-electron chi connectivity index (χ0n) is 15.7. The average molecular weight is 355 g/mol. The zero-order chi connectivity index (χ0) is 18.1. The Kier molecular flexibility index (Phi) is 4.98. The van der Waals surface area contributed by atoms with E-state index in [0.29, 0.717) is 12.5 Å². The van der Waals surface area contributed by atoms with Crippen LogP contribution >= 0.6 is 0 Å². The van der Waals surface area contributed by atoms with Crippen molar-refractivity contribution in [3.8, 4) is 0 Å². The summed E-state index contributed by atoms with van der Waals surface area (Å²) >= 11 is 0. The third-order valence-electron chi connectivity index (χ3n) is 6.41. The van der Waals surface area contributed by atoms with E-state index >= 15 is 0 Å². The number of carbonyl (C=O) groups is 2. The second kappa shape index (κ2) is 7.39. The maximum Gasteiger partial charge on any atom is 0.242 e. The molecular formula is C21H29N3O2. The Morgan fingerprint density at radius 3 is 2.54 bits per heavy atom. The van der Waals surface area contributed by atoms with Crippen molar-refractivity contribution in [2.75, 3.05) is 33.2 Å². The number of hydrogen-bond donors (Lipinski definition) is 0. The van der Waals surface area contributed by atoms with Gasteiger partial charge in [0, 0.05) is 38.6 Å². The van der Waals surface area contributed by atoms with Gasteiger partial charge in [0.2, 0.25) is 11.8 Å². The molecule has 2 fully saturated rings. The van der Waals surface area contributed by atoms with Crippen molar-refractivity contribution >= 4 is 11.8 Å². The van der Waals surface area contributed by atoms with E-state index in [1.54, 1.807) is 4.90 Å². The molecule has 0 radical (unpaired) electrons. The fraction of sp³-hybridized carbons (Fsp3) is 0.619. The van der Waals surface area contributed by atoms with Crippen LogP contribution in [0.1, 0.15) is 36.8 Å².